The third-order valence-corrected chi connectivity index (χ3v) is 3.09. The van der Waals surface area contributed by atoms with Crippen LogP contribution in [0.3, 0.4) is 0 Å². The zero-order chi connectivity index (χ0) is 15.7. The summed E-state index contributed by atoms with van der Waals surface area (Å²) in [6.07, 6.45) is 0.0745. The summed E-state index contributed by atoms with van der Waals surface area (Å²) in [5, 5.41) is 0. The van der Waals surface area contributed by atoms with Gasteiger partial charge in [-0.3, -0.25) is 9.69 Å². The molecule has 0 heterocycles. The van der Waals surface area contributed by atoms with Gasteiger partial charge in [0.05, 0.1) is 26.7 Å². The van der Waals surface area contributed by atoms with Crippen LogP contribution in [0.2, 0.25) is 0 Å². The SMILES string of the molecule is COCCN(CCC(=O)OC)CC(F)(F)c1ccccc1. The number of benzene rings is 1. The zero-order valence-corrected chi connectivity index (χ0v) is 12.4. The molecule has 21 heavy (non-hydrogen) atoms. The van der Waals surface area contributed by atoms with E-state index in [9.17, 15) is 13.6 Å². The number of hydrogen-bond acceptors (Lipinski definition) is 4. The number of esters is 1. The lowest BCUT2D eigenvalue weighted by Gasteiger charge is -2.27. The van der Waals surface area contributed by atoms with Crippen LogP contribution < -0.4 is 0 Å². The summed E-state index contributed by atoms with van der Waals surface area (Å²) in [6.45, 7) is 0.401. The van der Waals surface area contributed by atoms with Crippen molar-refractivity contribution in [1.82, 2.24) is 4.90 Å². The van der Waals surface area contributed by atoms with Crippen LogP contribution >= 0.6 is 0 Å². The lowest BCUT2D eigenvalue weighted by Crippen LogP contribution is -2.38. The molecule has 0 aliphatic carbocycles. The van der Waals surface area contributed by atoms with Gasteiger partial charge in [-0.2, -0.15) is 8.78 Å². The van der Waals surface area contributed by atoms with E-state index >= 15 is 0 Å². The summed E-state index contributed by atoms with van der Waals surface area (Å²) in [5.74, 6) is -3.40. The molecule has 0 bridgehead atoms. The Balaban J connectivity index is 2.67. The minimum atomic E-state index is -2.98. The minimum absolute atomic E-state index is 0.0366. The summed E-state index contributed by atoms with van der Waals surface area (Å²) in [7, 11) is 2.79. The molecule has 1 aromatic rings. The van der Waals surface area contributed by atoms with Crippen molar-refractivity contribution >= 4 is 5.97 Å². The van der Waals surface area contributed by atoms with Crippen LogP contribution in [0, 0.1) is 0 Å². The van der Waals surface area contributed by atoms with Gasteiger partial charge in [0.25, 0.3) is 5.92 Å². The van der Waals surface area contributed by atoms with Gasteiger partial charge < -0.3 is 9.47 Å². The summed E-state index contributed by atoms with van der Waals surface area (Å²) >= 11 is 0. The van der Waals surface area contributed by atoms with Crippen molar-refractivity contribution in [3.8, 4) is 0 Å². The van der Waals surface area contributed by atoms with Crippen LogP contribution in [0.25, 0.3) is 0 Å². The third kappa shape index (κ3) is 6.18. The van der Waals surface area contributed by atoms with Crippen molar-refractivity contribution in [3.05, 3.63) is 35.9 Å². The second-order valence-corrected chi connectivity index (χ2v) is 4.67. The van der Waals surface area contributed by atoms with E-state index in [2.05, 4.69) is 4.74 Å². The van der Waals surface area contributed by atoms with Crippen LogP contribution in [-0.4, -0.2) is 51.3 Å². The third-order valence-electron chi connectivity index (χ3n) is 3.09. The van der Waals surface area contributed by atoms with Crippen LogP contribution in [0.1, 0.15) is 12.0 Å². The fraction of sp³-hybridized carbons (Fsp3) is 0.533. The molecule has 0 aliphatic heterocycles. The minimum Gasteiger partial charge on any atom is -0.469 e. The van der Waals surface area contributed by atoms with Crippen molar-refractivity contribution < 1.29 is 23.0 Å². The zero-order valence-electron chi connectivity index (χ0n) is 12.4. The second-order valence-electron chi connectivity index (χ2n) is 4.67. The average molecular weight is 301 g/mol. The number of ether oxygens (including phenoxy) is 2. The molecule has 0 fully saturated rings. The Kier molecular flexibility index (Phi) is 7.25. The maximum absolute atomic E-state index is 14.2. The normalized spacial score (nSPS) is 11.7. The molecule has 0 unspecified atom stereocenters. The van der Waals surface area contributed by atoms with Crippen molar-refractivity contribution in [3.63, 3.8) is 0 Å². The standard InChI is InChI=1S/C15H21F2NO3/c1-20-11-10-18(9-8-14(19)21-2)12-15(16,17)13-6-4-3-5-7-13/h3-7H,8-12H2,1-2H3. The van der Waals surface area contributed by atoms with E-state index in [1.165, 1.54) is 31.3 Å². The monoisotopic (exact) mass is 301 g/mol. The lowest BCUT2D eigenvalue weighted by atomic mass is 10.1. The fourth-order valence-corrected chi connectivity index (χ4v) is 1.90. The summed E-state index contributed by atoms with van der Waals surface area (Å²) in [4.78, 5) is 12.7. The van der Waals surface area contributed by atoms with Crippen molar-refractivity contribution in [2.24, 2.45) is 0 Å². The Bertz CT molecular complexity index is 426. The van der Waals surface area contributed by atoms with Gasteiger partial charge in [-0.25, -0.2) is 0 Å². The molecule has 118 valence electrons. The molecule has 1 aromatic carbocycles. The van der Waals surface area contributed by atoms with Crippen LogP contribution in [0.15, 0.2) is 30.3 Å². The second kappa shape index (κ2) is 8.69. The predicted octanol–water partition coefficient (Wildman–Crippen LogP) is 2.29. The van der Waals surface area contributed by atoms with Gasteiger partial charge >= 0.3 is 5.97 Å². The Morgan fingerprint density at radius 2 is 1.86 bits per heavy atom. The number of alkyl halides is 2. The molecule has 0 atom stereocenters. The summed E-state index contributed by atoms with van der Waals surface area (Å²) in [5.41, 5.74) is -0.0366. The number of methoxy groups -OCH3 is 2. The molecular formula is C15H21F2NO3. The number of rotatable bonds is 9. The Labute approximate surface area is 123 Å². The van der Waals surface area contributed by atoms with Gasteiger partial charge in [0.1, 0.15) is 0 Å². The highest BCUT2D eigenvalue weighted by Gasteiger charge is 2.33. The topological polar surface area (TPSA) is 38.8 Å². The Hall–Kier alpha value is -1.53. The summed E-state index contributed by atoms with van der Waals surface area (Å²) in [6, 6.07) is 7.65. The quantitative estimate of drug-likeness (QED) is 0.656. The van der Waals surface area contributed by atoms with E-state index in [-0.39, 0.29) is 18.5 Å². The van der Waals surface area contributed by atoms with Gasteiger partial charge in [0, 0.05) is 25.8 Å². The number of carbonyl (C=O) groups is 1. The van der Waals surface area contributed by atoms with Crippen molar-refractivity contribution in [1.29, 1.82) is 0 Å². The number of hydrogen-bond donors (Lipinski definition) is 0. The highest BCUT2D eigenvalue weighted by atomic mass is 19.3. The van der Waals surface area contributed by atoms with E-state index in [0.29, 0.717) is 13.2 Å². The average Bonchev–Trinajstić information content (AvgIpc) is 2.50. The molecule has 1 rings (SSSR count). The smallest absolute Gasteiger partial charge is 0.306 e. The lowest BCUT2D eigenvalue weighted by molar-refractivity contribution is -0.141. The number of carbonyl (C=O) groups excluding carboxylic acids is 1. The molecule has 0 radical (unpaired) electrons. The molecule has 0 saturated carbocycles. The highest BCUT2D eigenvalue weighted by molar-refractivity contribution is 5.69. The van der Waals surface area contributed by atoms with Crippen LogP contribution in [0.5, 0.6) is 0 Å². The van der Waals surface area contributed by atoms with E-state index in [0.717, 1.165) is 0 Å². The fourth-order valence-electron chi connectivity index (χ4n) is 1.90. The Morgan fingerprint density at radius 3 is 2.43 bits per heavy atom. The largest absolute Gasteiger partial charge is 0.469 e. The number of nitrogens with zero attached hydrogens (tertiary/aromatic N) is 1. The van der Waals surface area contributed by atoms with Gasteiger partial charge in [0.2, 0.25) is 0 Å². The van der Waals surface area contributed by atoms with Gasteiger partial charge in [-0.15, -0.1) is 0 Å². The first-order valence-electron chi connectivity index (χ1n) is 6.71. The highest BCUT2D eigenvalue weighted by Crippen LogP contribution is 2.28. The predicted molar refractivity (Wildman–Crippen MR) is 75.3 cm³/mol. The van der Waals surface area contributed by atoms with E-state index in [4.69, 9.17) is 4.74 Å². The maximum Gasteiger partial charge on any atom is 0.306 e. The van der Waals surface area contributed by atoms with Crippen molar-refractivity contribution in [2.75, 3.05) is 40.5 Å². The maximum atomic E-state index is 14.2. The molecule has 0 spiro atoms. The molecule has 0 saturated heterocycles. The van der Waals surface area contributed by atoms with Crippen LogP contribution in [0.4, 0.5) is 8.78 Å². The van der Waals surface area contributed by atoms with E-state index in [1.807, 2.05) is 0 Å². The van der Waals surface area contributed by atoms with Gasteiger partial charge in [-0.05, 0) is 0 Å². The molecular weight excluding hydrogens is 280 g/mol. The van der Waals surface area contributed by atoms with Gasteiger partial charge in [-0.1, -0.05) is 30.3 Å². The van der Waals surface area contributed by atoms with Gasteiger partial charge in [0.15, 0.2) is 0 Å². The number of halogens is 2. The van der Waals surface area contributed by atoms with E-state index in [1.54, 1.807) is 18.2 Å². The summed E-state index contributed by atoms with van der Waals surface area (Å²) < 4.78 is 37.9. The molecule has 6 heteroatoms. The first kappa shape index (κ1) is 17.5. The van der Waals surface area contributed by atoms with Crippen molar-refractivity contribution in [2.45, 2.75) is 12.3 Å². The molecule has 0 aromatic heterocycles. The Morgan fingerprint density at radius 1 is 1.19 bits per heavy atom. The molecule has 0 N–H and O–H groups in total. The molecule has 0 amide bonds. The van der Waals surface area contributed by atoms with E-state index < -0.39 is 18.4 Å². The first-order valence-corrected chi connectivity index (χ1v) is 6.71. The molecule has 4 nitrogen and oxygen atoms in total. The molecule has 0 aliphatic rings. The first-order chi connectivity index (χ1) is 9.99. The van der Waals surface area contributed by atoms with Crippen LogP contribution in [-0.2, 0) is 20.2 Å².